The third kappa shape index (κ3) is 7.67. The fourth-order valence-corrected chi connectivity index (χ4v) is 3.90. The molecule has 1 heterocycles. The summed E-state index contributed by atoms with van der Waals surface area (Å²) in [5.41, 5.74) is 5.30. The summed E-state index contributed by atoms with van der Waals surface area (Å²) in [6.45, 7) is 8.87. The van der Waals surface area contributed by atoms with Crippen molar-refractivity contribution in [3.63, 3.8) is 0 Å². The normalized spacial score (nSPS) is 11.9. The third-order valence-electron chi connectivity index (χ3n) is 5.90. The van der Waals surface area contributed by atoms with Crippen LogP contribution in [0.1, 0.15) is 74.0 Å². The van der Waals surface area contributed by atoms with Crippen LogP contribution in [-0.4, -0.2) is 28.5 Å². The first-order valence-corrected chi connectivity index (χ1v) is 12.2. The molecule has 0 aliphatic carbocycles. The van der Waals surface area contributed by atoms with Crippen LogP contribution in [0.2, 0.25) is 0 Å². The molecule has 1 atom stereocenters. The molecule has 0 fully saturated rings. The number of aliphatic carboxylic acids is 1. The van der Waals surface area contributed by atoms with Crippen molar-refractivity contribution in [1.29, 1.82) is 0 Å². The number of amides is 1. The minimum atomic E-state index is -0.948. The van der Waals surface area contributed by atoms with E-state index in [1.165, 1.54) is 28.5 Å². The zero-order valence-electron chi connectivity index (χ0n) is 20.9. The summed E-state index contributed by atoms with van der Waals surface area (Å²) in [6.07, 6.45) is 2.33. The lowest BCUT2D eigenvalue weighted by Gasteiger charge is -2.22. The number of carbonyl (C=O) groups is 2. The Morgan fingerprint density at radius 2 is 1.46 bits per heavy atom. The van der Waals surface area contributed by atoms with Gasteiger partial charge in [0, 0.05) is 12.7 Å². The van der Waals surface area contributed by atoms with Gasteiger partial charge in [-0.1, -0.05) is 76.2 Å². The molecule has 2 aromatic carbocycles. The number of hydrogen-bond acceptors (Lipinski definition) is 4. The molecule has 0 bridgehead atoms. The molecular weight excluding hydrogens is 438 g/mol. The molecule has 0 aliphatic heterocycles. The molecule has 0 saturated heterocycles. The minimum Gasteiger partial charge on any atom is -0.481 e. The quantitative estimate of drug-likeness (QED) is 0.305. The minimum absolute atomic E-state index is 0.0788. The maximum atomic E-state index is 12.2. The molecule has 1 aromatic heterocycles. The SMILES string of the molecule is CC(C)CC(Nc1ccc(C(=O)NCCC(=O)O)cn1)c1ccc(-c2ccc(C(C)C)cc2)cc1. The molecule has 6 heteroatoms. The molecule has 3 aromatic rings. The number of carboxylic acid groups (broad SMARTS) is 1. The largest absolute Gasteiger partial charge is 0.481 e. The van der Waals surface area contributed by atoms with E-state index in [9.17, 15) is 9.59 Å². The number of aromatic nitrogens is 1. The Hall–Kier alpha value is -3.67. The van der Waals surface area contributed by atoms with Crippen molar-refractivity contribution >= 4 is 17.7 Å². The maximum Gasteiger partial charge on any atom is 0.305 e. The van der Waals surface area contributed by atoms with Crippen LogP contribution in [-0.2, 0) is 4.79 Å². The molecule has 1 unspecified atom stereocenters. The zero-order chi connectivity index (χ0) is 25.4. The number of pyridine rings is 1. The first-order valence-electron chi connectivity index (χ1n) is 12.2. The fourth-order valence-electron chi connectivity index (χ4n) is 3.90. The van der Waals surface area contributed by atoms with E-state index >= 15 is 0 Å². The molecule has 184 valence electrons. The molecule has 0 radical (unpaired) electrons. The second-order valence-electron chi connectivity index (χ2n) is 9.56. The summed E-state index contributed by atoms with van der Waals surface area (Å²) in [6, 6.07) is 20.9. The van der Waals surface area contributed by atoms with E-state index in [1.54, 1.807) is 12.1 Å². The highest BCUT2D eigenvalue weighted by atomic mass is 16.4. The van der Waals surface area contributed by atoms with Gasteiger partial charge in [0.05, 0.1) is 18.0 Å². The number of benzene rings is 2. The van der Waals surface area contributed by atoms with E-state index in [0.29, 0.717) is 23.2 Å². The van der Waals surface area contributed by atoms with Gasteiger partial charge < -0.3 is 15.7 Å². The van der Waals surface area contributed by atoms with Crippen LogP contribution in [0.4, 0.5) is 5.82 Å². The average Bonchev–Trinajstić information content (AvgIpc) is 2.83. The van der Waals surface area contributed by atoms with Crippen LogP contribution in [0.15, 0.2) is 66.9 Å². The number of carbonyl (C=O) groups excluding carboxylic acids is 1. The van der Waals surface area contributed by atoms with Gasteiger partial charge in [-0.05, 0) is 52.6 Å². The second-order valence-corrected chi connectivity index (χ2v) is 9.56. The highest BCUT2D eigenvalue weighted by Crippen LogP contribution is 2.29. The molecule has 3 N–H and O–H groups in total. The van der Waals surface area contributed by atoms with Crippen molar-refractivity contribution in [3.8, 4) is 11.1 Å². The highest BCUT2D eigenvalue weighted by molar-refractivity contribution is 5.94. The zero-order valence-corrected chi connectivity index (χ0v) is 20.9. The summed E-state index contributed by atoms with van der Waals surface area (Å²) in [5.74, 6) is 0.404. The van der Waals surface area contributed by atoms with Crippen LogP contribution < -0.4 is 10.6 Å². The first kappa shape index (κ1) is 25.9. The summed E-state index contributed by atoms with van der Waals surface area (Å²) in [5, 5.41) is 14.8. The number of nitrogens with zero attached hydrogens (tertiary/aromatic N) is 1. The predicted octanol–water partition coefficient (Wildman–Crippen LogP) is 6.28. The molecule has 6 nitrogen and oxygen atoms in total. The van der Waals surface area contributed by atoms with E-state index in [0.717, 1.165) is 6.42 Å². The van der Waals surface area contributed by atoms with E-state index in [2.05, 4.69) is 91.8 Å². The Labute approximate surface area is 207 Å². The molecule has 1 amide bonds. The summed E-state index contributed by atoms with van der Waals surface area (Å²) in [7, 11) is 0. The topological polar surface area (TPSA) is 91.3 Å². The lowest BCUT2D eigenvalue weighted by atomic mass is 9.94. The molecule has 3 rings (SSSR count). The van der Waals surface area contributed by atoms with Crippen molar-refractivity contribution in [2.45, 2.75) is 52.5 Å². The van der Waals surface area contributed by atoms with E-state index in [-0.39, 0.29) is 24.9 Å². The highest BCUT2D eigenvalue weighted by Gasteiger charge is 2.15. The van der Waals surface area contributed by atoms with E-state index < -0.39 is 5.97 Å². The maximum absolute atomic E-state index is 12.2. The van der Waals surface area contributed by atoms with Crippen LogP contribution in [0, 0.1) is 5.92 Å². The van der Waals surface area contributed by atoms with Gasteiger partial charge in [-0.2, -0.15) is 0 Å². The molecule has 35 heavy (non-hydrogen) atoms. The Balaban J connectivity index is 1.70. The number of rotatable bonds is 11. The van der Waals surface area contributed by atoms with E-state index in [1.807, 2.05) is 0 Å². The van der Waals surface area contributed by atoms with Crippen LogP contribution in [0.5, 0.6) is 0 Å². The van der Waals surface area contributed by atoms with Crippen molar-refractivity contribution in [3.05, 3.63) is 83.6 Å². The lowest BCUT2D eigenvalue weighted by Crippen LogP contribution is -2.26. The third-order valence-corrected chi connectivity index (χ3v) is 5.90. The monoisotopic (exact) mass is 473 g/mol. The van der Waals surface area contributed by atoms with Gasteiger partial charge in [-0.3, -0.25) is 9.59 Å². The van der Waals surface area contributed by atoms with Gasteiger partial charge in [-0.15, -0.1) is 0 Å². The van der Waals surface area contributed by atoms with E-state index in [4.69, 9.17) is 5.11 Å². The Morgan fingerprint density at radius 1 is 0.857 bits per heavy atom. The summed E-state index contributed by atoms with van der Waals surface area (Å²) >= 11 is 0. The molecule has 0 saturated carbocycles. The number of nitrogens with one attached hydrogen (secondary N) is 2. The van der Waals surface area contributed by atoms with Gasteiger partial charge in [0.15, 0.2) is 0 Å². The number of hydrogen-bond donors (Lipinski definition) is 3. The van der Waals surface area contributed by atoms with Crippen LogP contribution in [0.25, 0.3) is 11.1 Å². The van der Waals surface area contributed by atoms with Crippen LogP contribution >= 0.6 is 0 Å². The van der Waals surface area contributed by atoms with Gasteiger partial charge in [-0.25, -0.2) is 4.98 Å². The summed E-state index contributed by atoms with van der Waals surface area (Å²) < 4.78 is 0. The van der Waals surface area contributed by atoms with Gasteiger partial charge in [0.25, 0.3) is 5.91 Å². The van der Waals surface area contributed by atoms with Crippen molar-refractivity contribution in [2.24, 2.45) is 5.92 Å². The van der Waals surface area contributed by atoms with Crippen LogP contribution in [0.3, 0.4) is 0 Å². The number of carboxylic acids is 1. The van der Waals surface area contributed by atoms with Gasteiger partial charge >= 0.3 is 5.97 Å². The second kappa shape index (κ2) is 12.2. The lowest BCUT2D eigenvalue weighted by molar-refractivity contribution is -0.136. The molecule has 0 spiro atoms. The van der Waals surface area contributed by atoms with Gasteiger partial charge in [0.2, 0.25) is 0 Å². The molecular formula is C29H35N3O3. The smallest absolute Gasteiger partial charge is 0.305 e. The Morgan fingerprint density at radius 3 is 1.94 bits per heavy atom. The average molecular weight is 474 g/mol. The Bertz CT molecular complexity index is 1110. The summed E-state index contributed by atoms with van der Waals surface area (Å²) in [4.78, 5) is 27.2. The Kier molecular flexibility index (Phi) is 9.01. The number of anilines is 1. The first-order chi connectivity index (χ1) is 16.7. The fraction of sp³-hybridized carbons (Fsp3) is 0.345. The van der Waals surface area contributed by atoms with Crippen molar-refractivity contribution in [1.82, 2.24) is 10.3 Å². The predicted molar refractivity (Wildman–Crippen MR) is 141 cm³/mol. The van der Waals surface area contributed by atoms with Gasteiger partial charge in [0.1, 0.15) is 5.82 Å². The van der Waals surface area contributed by atoms with Crippen molar-refractivity contribution in [2.75, 3.05) is 11.9 Å². The van der Waals surface area contributed by atoms with Crippen molar-refractivity contribution < 1.29 is 14.7 Å². The molecule has 0 aliphatic rings. The standard InChI is InChI=1S/C29H35N3O3/c1-19(2)17-26(32-27-14-13-25(18-31-27)29(35)30-16-15-28(33)34)24-11-9-23(10-12-24)22-7-5-21(6-8-22)20(3)4/h5-14,18-20,26H,15-17H2,1-4H3,(H,30,35)(H,31,32)(H,33,34).